The van der Waals surface area contributed by atoms with E-state index in [0.717, 1.165) is 11.1 Å². The first kappa shape index (κ1) is 25.6. The van der Waals surface area contributed by atoms with Gasteiger partial charge in [-0.1, -0.05) is 59.6 Å². The zero-order chi connectivity index (χ0) is 26.1. The number of amides is 1. The van der Waals surface area contributed by atoms with Gasteiger partial charge >= 0.3 is 0 Å². The molecule has 6 nitrogen and oxygen atoms in total. The summed E-state index contributed by atoms with van der Waals surface area (Å²) < 4.78 is 29.5. The average Bonchev–Trinajstić information content (AvgIpc) is 3.21. The molecular formula is C27H25Cl2F2N5O. The van der Waals surface area contributed by atoms with Gasteiger partial charge in [-0.25, -0.2) is 18.4 Å². The summed E-state index contributed by atoms with van der Waals surface area (Å²) in [4.78, 5) is 21.8. The second-order valence-electron chi connectivity index (χ2n) is 9.06. The van der Waals surface area contributed by atoms with Crippen LogP contribution in [-0.2, 0) is 17.9 Å². The van der Waals surface area contributed by atoms with Crippen molar-refractivity contribution in [3.05, 3.63) is 81.5 Å². The minimum Gasteiger partial charge on any atom is -0.339 e. The smallest absolute Gasteiger partial charge is 0.264 e. The molecular weight excluding hydrogens is 519 g/mol. The van der Waals surface area contributed by atoms with E-state index in [4.69, 9.17) is 23.2 Å². The van der Waals surface area contributed by atoms with Crippen LogP contribution in [-0.4, -0.2) is 56.7 Å². The summed E-state index contributed by atoms with van der Waals surface area (Å²) in [5.41, 5.74) is 2.59. The van der Waals surface area contributed by atoms with Gasteiger partial charge in [0.1, 0.15) is 6.54 Å². The molecule has 0 radical (unpaired) electrons. The lowest BCUT2D eigenvalue weighted by Crippen LogP contribution is -2.49. The lowest BCUT2D eigenvalue weighted by Gasteiger charge is -2.35. The van der Waals surface area contributed by atoms with Gasteiger partial charge in [-0.05, 0) is 25.1 Å². The molecule has 4 aromatic rings. The van der Waals surface area contributed by atoms with E-state index in [-0.39, 0.29) is 23.7 Å². The van der Waals surface area contributed by atoms with Crippen LogP contribution in [0.3, 0.4) is 0 Å². The lowest BCUT2D eigenvalue weighted by molar-refractivity contribution is -0.133. The monoisotopic (exact) mass is 543 g/mol. The minimum atomic E-state index is -2.69. The van der Waals surface area contributed by atoms with Gasteiger partial charge in [0.15, 0.2) is 5.65 Å². The van der Waals surface area contributed by atoms with Crippen molar-refractivity contribution in [2.75, 3.05) is 26.2 Å². The summed E-state index contributed by atoms with van der Waals surface area (Å²) in [6, 6.07) is 16.0. The number of benzene rings is 2. The molecule has 0 N–H and O–H groups in total. The second-order valence-corrected chi connectivity index (χ2v) is 9.88. The number of hydrogen-bond donors (Lipinski definition) is 0. The van der Waals surface area contributed by atoms with Crippen LogP contribution in [0.15, 0.2) is 54.6 Å². The predicted molar refractivity (Wildman–Crippen MR) is 141 cm³/mol. The van der Waals surface area contributed by atoms with Gasteiger partial charge in [0.05, 0.1) is 16.8 Å². The lowest BCUT2D eigenvalue weighted by atomic mass is 10.1. The minimum absolute atomic E-state index is 0.0748. The molecule has 0 saturated carbocycles. The molecule has 37 heavy (non-hydrogen) atoms. The Morgan fingerprint density at radius 2 is 1.68 bits per heavy atom. The van der Waals surface area contributed by atoms with Crippen molar-refractivity contribution in [1.82, 2.24) is 24.6 Å². The van der Waals surface area contributed by atoms with E-state index in [2.05, 4.69) is 15.0 Å². The number of halogens is 4. The number of piperazine rings is 1. The summed E-state index contributed by atoms with van der Waals surface area (Å²) in [6.45, 7) is 4.59. The molecule has 0 unspecified atom stereocenters. The molecule has 0 atom stereocenters. The highest BCUT2D eigenvalue weighted by Gasteiger charge is 2.25. The molecule has 2 aromatic carbocycles. The van der Waals surface area contributed by atoms with Crippen molar-refractivity contribution in [3.8, 4) is 11.3 Å². The highest BCUT2D eigenvalue weighted by atomic mass is 35.5. The van der Waals surface area contributed by atoms with E-state index in [0.29, 0.717) is 59.5 Å². The fourth-order valence-electron chi connectivity index (χ4n) is 4.72. The van der Waals surface area contributed by atoms with E-state index in [9.17, 15) is 13.6 Å². The van der Waals surface area contributed by atoms with Crippen molar-refractivity contribution < 1.29 is 13.6 Å². The summed E-state index contributed by atoms with van der Waals surface area (Å²) in [5, 5.41) is 5.97. The molecule has 1 saturated heterocycles. The zero-order valence-corrected chi connectivity index (χ0v) is 21.7. The second kappa shape index (κ2) is 10.7. The largest absolute Gasteiger partial charge is 0.339 e. The summed E-state index contributed by atoms with van der Waals surface area (Å²) in [5.74, 6) is -0.134. The van der Waals surface area contributed by atoms with Gasteiger partial charge in [-0.15, -0.1) is 0 Å². The van der Waals surface area contributed by atoms with Gasteiger partial charge in [0.2, 0.25) is 5.91 Å². The highest BCUT2D eigenvalue weighted by Crippen LogP contribution is 2.33. The molecule has 10 heteroatoms. The Bertz CT molecular complexity index is 1420. The van der Waals surface area contributed by atoms with Gasteiger partial charge in [0.25, 0.3) is 6.43 Å². The molecule has 0 spiro atoms. The van der Waals surface area contributed by atoms with E-state index < -0.39 is 6.43 Å². The Kier molecular flexibility index (Phi) is 7.42. The van der Waals surface area contributed by atoms with Crippen molar-refractivity contribution in [2.24, 2.45) is 0 Å². The Morgan fingerprint density at radius 1 is 1.00 bits per heavy atom. The Labute approximate surface area is 223 Å². The van der Waals surface area contributed by atoms with E-state index in [1.165, 1.54) is 10.7 Å². The molecule has 1 amide bonds. The van der Waals surface area contributed by atoms with Crippen LogP contribution in [0, 0.1) is 6.92 Å². The van der Waals surface area contributed by atoms with E-state index >= 15 is 0 Å². The third kappa shape index (κ3) is 5.32. The van der Waals surface area contributed by atoms with Gasteiger partial charge in [-0.3, -0.25) is 9.69 Å². The maximum atomic E-state index is 14.0. The van der Waals surface area contributed by atoms with Crippen molar-refractivity contribution in [3.63, 3.8) is 0 Å². The fraction of sp³-hybridized carbons (Fsp3) is 0.296. The van der Waals surface area contributed by atoms with E-state index in [1.807, 2.05) is 48.5 Å². The highest BCUT2D eigenvalue weighted by molar-refractivity contribution is 6.35. The van der Waals surface area contributed by atoms with Gasteiger partial charge in [0, 0.05) is 59.5 Å². The Morgan fingerprint density at radius 3 is 2.32 bits per heavy atom. The molecule has 2 aromatic heterocycles. The maximum Gasteiger partial charge on any atom is 0.264 e. The number of fused-ring (bicyclic) bond motifs is 1. The number of nitrogens with zero attached hydrogens (tertiary/aromatic N) is 5. The summed E-state index contributed by atoms with van der Waals surface area (Å²) in [6.07, 6.45) is -2.69. The number of hydrogen-bond acceptors (Lipinski definition) is 4. The molecule has 5 rings (SSSR count). The number of aromatic nitrogens is 3. The third-order valence-corrected chi connectivity index (χ3v) is 7.37. The number of carbonyl (C=O) groups excluding carboxylic acids is 1. The van der Waals surface area contributed by atoms with Crippen molar-refractivity contribution in [1.29, 1.82) is 0 Å². The van der Waals surface area contributed by atoms with Crippen LogP contribution >= 0.6 is 23.2 Å². The number of rotatable bonds is 6. The average molecular weight is 544 g/mol. The van der Waals surface area contributed by atoms with Crippen molar-refractivity contribution >= 4 is 40.1 Å². The van der Waals surface area contributed by atoms with Gasteiger partial charge in [-0.2, -0.15) is 5.10 Å². The summed E-state index contributed by atoms with van der Waals surface area (Å²) in [7, 11) is 0. The van der Waals surface area contributed by atoms with Crippen LogP contribution in [0.1, 0.15) is 23.2 Å². The Balaban J connectivity index is 1.34. The maximum absolute atomic E-state index is 14.0. The zero-order valence-electron chi connectivity index (χ0n) is 20.2. The SMILES string of the molecule is Cc1nn(CC(=O)N2CCN(Cc3c(Cl)cccc3Cl)CC2)c2nc(-c3ccccc3)cc(C(F)F)c12. The summed E-state index contributed by atoms with van der Waals surface area (Å²) >= 11 is 12.6. The van der Waals surface area contributed by atoms with E-state index in [1.54, 1.807) is 11.8 Å². The van der Waals surface area contributed by atoms with Gasteiger partial charge < -0.3 is 4.90 Å². The van der Waals surface area contributed by atoms with Crippen LogP contribution < -0.4 is 0 Å². The number of carbonyl (C=O) groups is 1. The standard InChI is InChI=1S/C27H25Cl2F2N5O/c1-17-25-19(26(30)31)14-23(18-6-3-2-4-7-18)32-27(25)36(33-17)16-24(37)35-12-10-34(11-13-35)15-20-21(28)8-5-9-22(20)29/h2-9,14,26H,10-13,15-16H2,1H3. The molecule has 192 valence electrons. The molecule has 1 aliphatic rings. The molecule has 1 aliphatic heterocycles. The topological polar surface area (TPSA) is 54.3 Å². The first-order chi connectivity index (χ1) is 17.8. The quantitative estimate of drug-likeness (QED) is 0.299. The molecule has 1 fully saturated rings. The Hall–Kier alpha value is -3.07. The molecule has 0 bridgehead atoms. The van der Waals surface area contributed by atoms with Crippen molar-refractivity contribution in [2.45, 2.75) is 26.4 Å². The number of alkyl halides is 2. The van der Waals surface area contributed by atoms with Crippen LogP contribution in [0.4, 0.5) is 8.78 Å². The normalized spacial score (nSPS) is 14.6. The van der Waals surface area contributed by atoms with Crippen LogP contribution in [0.2, 0.25) is 10.0 Å². The molecule has 3 heterocycles. The predicted octanol–water partition coefficient (Wildman–Crippen LogP) is 6.00. The number of aryl methyl sites for hydroxylation is 1. The third-order valence-electron chi connectivity index (χ3n) is 6.67. The number of pyridine rings is 1. The fourth-order valence-corrected chi connectivity index (χ4v) is 5.23. The first-order valence-electron chi connectivity index (χ1n) is 12.0. The molecule has 0 aliphatic carbocycles. The first-order valence-corrected chi connectivity index (χ1v) is 12.7. The van der Waals surface area contributed by atoms with Crippen LogP contribution in [0.25, 0.3) is 22.3 Å². The van der Waals surface area contributed by atoms with Crippen LogP contribution in [0.5, 0.6) is 0 Å².